The van der Waals surface area contributed by atoms with Crippen molar-refractivity contribution in [2.75, 3.05) is 20.8 Å². The van der Waals surface area contributed by atoms with Gasteiger partial charge in [0, 0.05) is 18.1 Å². The molecular weight excluding hydrogens is 330 g/mol. The van der Waals surface area contributed by atoms with Crippen molar-refractivity contribution in [1.29, 1.82) is 0 Å². The van der Waals surface area contributed by atoms with Crippen molar-refractivity contribution in [3.8, 4) is 11.5 Å². The third kappa shape index (κ3) is 3.61. The number of nitrogens with one attached hydrogen (secondary N) is 1. The molecular formula is C20H31N3O3. The Morgan fingerprint density at radius 3 is 2.62 bits per heavy atom. The summed E-state index contributed by atoms with van der Waals surface area (Å²) in [5.41, 5.74) is 7.45. The maximum Gasteiger partial charge on any atom is 0.189 e. The quantitative estimate of drug-likeness (QED) is 0.577. The summed E-state index contributed by atoms with van der Waals surface area (Å²) in [5, 5.41) is 3.45. The summed E-state index contributed by atoms with van der Waals surface area (Å²) in [6.07, 6.45) is 6.39. The molecule has 0 amide bonds. The predicted molar refractivity (Wildman–Crippen MR) is 103 cm³/mol. The second-order valence-corrected chi connectivity index (χ2v) is 7.21. The third-order valence-corrected chi connectivity index (χ3v) is 5.89. The van der Waals surface area contributed by atoms with E-state index < -0.39 is 0 Å². The van der Waals surface area contributed by atoms with E-state index in [-0.39, 0.29) is 5.41 Å². The average Bonchev–Trinajstić information content (AvgIpc) is 3.18. The molecule has 6 heteroatoms. The van der Waals surface area contributed by atoms with Crippen LogP contribution in [0.25, 0.3) is 0 Å². The minimum Gasteiger partial charge on any atom is -0.493 e. The number of guanidine groups is 1. The van der Waals surface area contributed by atoms with Crippen LogP contribution in [-0.4, -0.2) is 38.9 Å². The Bertz CT molecular complexity index is 641. The van der Waals surface area contributed by atoms with Gasteiger partial charge in [-0.25, -0.2) is 4.99 Å². The van der Waals surface area contributed by atoms with Crippen LogP contribution in [0.2, 0.25) is 0 Å². The second kappa shape index (κ2) is 8.16. The van der Waals surface area contributed by atoms with Crippen LogP contribution in [0.1, 0.15) is 44.6 Å². The summed E-state index contributed by atoms with van der Waals surface area (Å²) >= 11 is 0. The van der Waals surface area contributed by atoms with Gasteiger partial charge in [-0.3, -0.25) is 0 Å². The number of ether oxygens (including phenoxy) is 3. The van der Waals surface area contributed by atoms with E-state index in [1.807, 2.05) is 18.2 Å². The summed E-state index contributed by atoms with van der Waals surface area (Å²) < 4.78 is 16.6. The molecule has 2 unspecified atom stereocenters. The first kappa shape index (κ1) is 18.8. The number of hydrogen-bond acceptors (Lipinski definition) is 4. The lowest BCUT2D eigenvalue weighted by Gasteiger charge is -2.54. The fourth-order valence-electron chi connectivity index (χ4n) is 4.47. The van der Waals surface area contributed by atoms with Crippen LogP contribution in [0.4, 0.5) is 0 Å². The number of methoxy groups -OCH3 is 2. The number of benzene rings is 1. The largest absolute Gasteiger partial charge is 0.493 e. The molecule has 2 aliphatic carbocycles. The van der Waals surface area contributed by atoms with Gasteiger partial charge in [-0.2, -0.15) is 0 Å². The Morgan fingerprint density at radius 1 is 1.23 bits per heavy atom. The van der Waals surface area contributed by atoms with E-state index in [0.29, 0.717) is 36.1 Å². The smallest absolute Gasteiger partial charge is 0.189 e. The van der Waals surface area contributed by atoms with Crippen LogP contribution >= 0.6 is 0 Å². The maximum atomic E-state index is 6.17. The van der Waals surface area contributed by atoms with Crippen molar-refractivity contribution >= 4 is 5.96 Å². The van der Waals surface area contributed by atoms with Crippen LogP contribution in [0, 0.1) is 5.41 Å². The molecule has 1 aromatic carbocycles. The zero-order valence-corrected chi connectivity index (χ0v) is 16.1. The van der Waals surface area contributed by atoms with Gasteiger partial charge in [0.25, 0.3) is 0 Å². The number of aliphatic imine (C=N–C) groups is 1. The molecule has 0 heterocycles. The predicted octanol–water partition coefficient (Wildman–Crippen LogP) is 2.85. The van der Waals surface area contributed by atoms with Crippen molar-refractivity contribution in [3.63, 3.8) is 0 Å². The Morgan fingerprint density at radius 2 is 1.96 bits per heavy atom. The maximum absolute atomic E-state index is 6.17. The number of nitrogens with two attached hydrogens (primary N) is 1. The SMILES string of the molecule is CCOC1CC(NC(N)=NCc2ccc(OC)c(OC)c2)C12CCCC2. The van der Waals surface area contributed by atoms with Crippen LogP contribution in [0.15, 0.2) is 23.2 Å². The zero-order valence-electron chi connectivity index (χ0n) is 16.1. The normalized spacial score (nSPS) is 24.3. The van der Waals surface area contributed by atoms with Crippen molar-refractivity contribution < 1.29 is 14.2 Å². The van der Waals surface area contributed by atoms with Crippen molar-refractivity contribution in [1.82, 2.24) is 5.32 Å². The van der Waals surface area contributed by atoms with E-state index in [9.17, 15) is 0 Å². The zero-order chi connectivity index (χ0) is 18.6. The molecule has 1 spiro atoms. The molecule has 3 N–H and O–H groups in total. The van der Waals surface area contributed by atoms with Gasteiger partial charge in [-0.15, -0.1) is 0 Å². The highest BCUT2D eigenvalue weighted by Crippen LogP contribution is 2.54. The van der Waals surface area contributed by atoms with Gasteiger partial charge in [0.1, 0.15) is 0 Å². The second-order valence-electron chi connectivity index (χ2n) is 7.21. The van der Waals surface area contributed by atoms with Gasteiger partial charge in [-0.05, 0) is 43.9 Å². The summed E-state index contributed by atoms with van der Waals surface area (Å²) in [6, 6.07) is 6.17. The molecule has 6 nitrogen and oxygen atoms in total. The fraction of sp³-hybridized carbons (Fsp3) is 0.650. The van der Waals surface area contributed by atoms with Gasteiger partial charge in [0.05, 0.1) is 26.9 Å². The first-order valence-electron chi connectivity index (χ1n) is 9.52. The van der Waals surface area contributed by atoms with Gasteiger partial charge in [0.2, 0.25) is 0 Å². The number of rotatable bonds is 7. The van der Waals surface area contributed by atoms with E-state index in [0.717, 1.165) is 18.6 Å². The van der Waals surface area contributed by atoms with E-state index >= 15 is 0 Å². The first-order valence-corrected chi connectivity index (χ1v) is 9.52. The molecule has 144 valence electrons. The molecule has 2 saturated carbocycles. The standard InChI is InChI=1S/C20H31N3O3/c1-4-26-18-12-17(20(18)9-5-6-10-20)23-19(21)22-13-14-7-8-15(24-2)16(11-14)25-3/h7-8,11,17-18H,4-6,9-10,12-13H2,1-3H3,(H3,21,22,23). The Kier molecular flexibility index (Phi) is 5.91. The van der Waals surface area contributed by atoms with Crippen molar-refractivity contribution in [2.24, 2.45) is 16.1 Å². The van der Waals surface area contributed by atoms with Gasteiger partial charge in [-0.1, -0.05) is 18.9 Å². The third-order valence-electron chi connectivity index (χ3n) is 5.89. The molecule has 0 aromatic heterocycles. The summed E-state index contributed by atoms with van der Waals surface area (Å²) in [5.74, 6) is 1.92. The topological polar surface area (TPSA) is 78.1 Å². The highest BCUT2D eigenvalue weighted by Gasteiger charge is 2.56. The van der Waals surface area contributed by atoms with E-state index in [1.54, 1.807) is 14.2 Å². The highest BCUT2D eigenvalue weighted by molar-refractivity contribution is 5.78. The lowest BCUT2D eigenvalue weighted by Crippen LogP contribution is -2.64. The van der Waals surface area contributed by atoms with Gasteiger partial charge < -0.3 is 25.3 Å². The average molecular weight is 361 g/mol. The molecule has 0 radical (unpaired) electrons. The molecule has 3 rings (SSSR count). The minimum atomic E-state index is 0.249. The van der Waals surface area contributed by atoms with Crippen LogP contribution in [-0.2, 0) is 11.3 Å². The molecule has 0 saturated heterocycles. The minimum absolute atomic E-state index is 0.249. The fourth-order valence-corrected chi connectivity index (χ4v) is 4.47. The van der Waals surface area contributed by atoms with E-state index in [2.05, 4.69) is 17.2 Å². The molecule has 2 atom stereocenters. The van der Waals surface area contributed by atoms with Gasteiger partial charge in [0.15, 0.2) is 17.5 Å². The summed E-state index contributed by atoms with van der Waals surface area (Å²) in [6.45, 7) is 3.36. The first-order chi connectivity index (χ1) is 12.6. The van der Waals surface area contributed by atoms with E-state index in [4.69, 9.17) is 19.9 Å². The van der Waals surface area contributed by atoms with Crippen LogP contribution in [0.3, 0.4) is 0 Å². The number of nitrogens with zero attached hydrogens (tertiary/aromatic N) is 1. The molecule has 1 aromatic rings. The van der Waals surface area contributed by atoms with Gasteiger partial charge >= 0.3 is 0 Å². The molecule has 2 fully saturated rings. The lowest BCUT2D eigenvalue weighted by molar-refractivity contribution is -0.125. The summed E-state index contributed by atoms with van der Waals surface area (Å²) in [7, 11) is 3.26. The number of hydrogen-bond donors (Lipinski definition) is 2. The summed E-state index contributed by atoms with van der Waals surface area (Å²) in [4.78, 5) is 4.52. The van der Waals surface area contributed by atoms with E-state index in [1.165, 1.54) is 25.7 Å². The molecule has 0 aliphatic heterocycles. The Labute approximate surface area is 156 Å². The molecule has 0 bridgehead atoms. The van der Waals surface area contributed by atoms with Crippen LogP contribution < -0.4 is 20.5 Å². The Balaban J connectivity index is 1.60. The lowest BCUT2D eigenvalue weighted by atomic mass is 9.60. The van der Waals surface area contributed by atoms with Crippen LogP contribution in [0.5, 0.6) is 11.5 Å². The Hall–Kier alpha value is -1.95. The van der Waals surface area contributed by atoms with Crippen molar-refractivity contribution in [3.05, 3.63) is 23.8 Å². The molecule has 26 heavy (non-hydrogen) atoms. The molecule has 2 aliphatic rings. The van der Waals surface area contributed by atoms with Crippen molar-refractivity contribution in [2.45, 2.75) is 57.7 Å². The monoisotopic (exact) mass is 361 g/mol. The highest BCUT2D eigenvalue weighted by atomic mass is 16.5.